The molecule has 8 nitrogen and oxygen atoms in total. The van der Waals surface area contributed by atoms with Gasteiger partial charge in [-0.05, 0) is 47.6 Å². The number of fused-ring (bicyclic) bond motifs is 1. The second-order valence-corrected chi connectivity index (χ2v) is 12.0. The van der Waals surface area contributed by atoms with E-state index in [1.165, 1.54) is 14.8 Å². The standard InChI is InChI=1S/C26H32N4O4S/c1-19(2)20-7-9-23(10-8-20)35(33,34)29-15-13-28(14-16-29)18-30-24(31)26(27-25(30)32)12-11-21-5-3-4-6-22(21)17-26/h3-10,19H,11-18H2,1-2H3,(H,27,32). The zero-order valence-corrected chi connectivity index (χ0v) is 21.1. The third-order valence-corrected chi connectivity index (χ3v) is 9.45. The van der Waals surface area contributed by atoms with Gasteiger partial charge in [0.15, 0.2) is 0 Å². The van der Waals surface area contributed by atoms with Gasteiger partial charge in [-0.1, -0.05) is 50.2 Å². The summed E-state index contributed by atoms with van der Waals surface area (Å²) in [5.74, 6) is 0.153. The molecule has 3 aliphatic rings. The lowest BCUT2D eigenvalue weighted by Crippen LogP contribution is -2.54. The Bertz CT molecular complexity index is 1240. The lowest BCUT2D eigenvalue weighted by molar-refractivity contribution is -0.133. The van der Waals surface area contributed by atoms with Crippen LogP contribution in [0, 0.1) is 0 Å². The van der Waals surface area contributed by atoms with E-state index in [0.29, 0.717) is 49.8 Å². The van der Waals surface area contributed by atoms with Crippen molar-refractivity contribution in [3.63, 3.8) is 0 Å². The molecular formula is C26H32N4O4S. The molecule has 186 valence electrons. The number of sulfonamides is 1. The van der Waals surface area contributed by atoms with E-state index in [1.54, 1.807) is 12.1 Å². The smallest absolute Gasteiger partial charge is 0.323 e. The van der Waals surface area contributed by atoms with Gasteiger partial charge in [0.1, 0.15) is 5.54 Å². The number of carbonyl (C=O) groups is 2. The van der Waals surface area contributed by atoms with E-state index in [0.717, 1.165) is 17.5 Å². The quantitative estimate of drug-likeness (QED) is 0.643. The van der Waals surface area contributed by atoms with Crippen molar-refractivity contribution in [3.8, 4) is 0 Å². The Morgan fingerprint density at radius 1 is 0.943 bits per heavy atom. The van der Waals surface area contributed by atoms with Crippen LogP contribution in [0.4, 0.5) is 4.79 Å². The second kappa shape index (κ2) is 9.04. The minimum atomic E-state index is -3.58. The van der Waals surface area contributed by atoms with E-state index in [1.807, 2.05) is 35.2 Å². The molecule has 2 aliphatic heterocycles. The van der Waals surface area contributed by atoms with Gasteiger partial charge in [0.25, 0.3) is 5.91 Å². The van der Waals surface area contributed by atoms with Crippen molar-refractivity contribution in [2.75, 3.05) is 32.8 Å². The van der Waals surface area contributed by atoms with Crippen LogP contribution in [0.15, 0.2) is 53.4 Å². The number of amides is 3. The van der Waals surface area contributed by atoms with Gasteiger partial charge < -0.3 is 5.32 Å². The monoisotopic (exact) mass is 496 g/mol. The Morgan fingerprint density at radius 2 is 1.60 bits per heavy atom. The zero-order valence-electron chi connectivity index (χ0n) is 20.2. The van der Waals surface area contributed by atoms with Crippen LogP contribution >= 0.6 is 0 Å². The molecule has 2 fully saturated rings. The molecule has 1 aliphatic carbocycles. The highest BCUT2D eigenvalue weighted by atomic mass is 32.2. The van der Waals surface area contributed by atoms with Gasteiger partial charge in [-0.2, -0.15) is 4.31 Å². The molecular weight excluding hydrogens is 464 g/mol. The van der Waals surface area contributed by atoms with Crippen LogP contribution in [-0.4, -0.2) is 72.8 Å². The Morgan fingerprint density at radius 3 is 2.26 bits per heavy atom. The van der Waals surface area contributed by atoms with Crippen LogP contribution in [0.3, 0.4) is 0 Å². The Hall–Kier alpha value is -2.75. The van der Waals surface area contributed by atoms with Crippen LogP contribution in [0.1, 0.15) is 42.9 Å². The van der Waals surface area contributed by atoms with Gasteiger partial charge in [-0.25, -0.2) is 18.1 Å². The molecule has 1 atom stereocenters. The maximum Gasteiger partial charge on any atom is 0.326 e. The van der Waals surface area contributed by atoms with Gasteiger partial charge >= 0.3 is 6.03 Å². The van der Waals surface area contributed by atoms with Crippen LogP contribution in [-0.2, 0) is 27.7 Å². The highest BCUT2D eigenvalue weighted by molar-refractivity contribution is 7.89. The van der Waals surface area contributed by atoms with Crippen LogP contribution in [0.2, 0.25) is 0 Å². The molecule has 0 saturated carbocycles. The summed E-state index contributed by atoms with van der Waals surface area (Å²) in [5, 5.41) is 2.97. The predicted molar refractivity (Wildman–Crippen MR) is 132 cm³/mol. The molecule has 0 radical (unpaired) electrons. The number of hydrogen-bond acceptors (Lipinski definition) is 5. The molecule has 2 aromatic carbocycles. The van der Waals surface area contributed by atoms with Crippen LogP contribution < -0.4 is 5.32 Å². The van der Waals surface area contributed by atoms with Crippen molar-refractivity contribution in [2.45, 2.75) is 49.5 Å². The molecule has 0 aromatic heterocycles. The van der Waals surface area contributed by atoms with Gasteiger partial charge in [0, 0.05) is 32.6 Å². The normalized spacial score (nSPS) is 23.7. The maximum absolute atomic E-state index is 13.4. The predicted octanol–water partition coefficient (Wildman–Crippen LogP) is 2.55. The summed E-state index contributed by atoms with van der Waals surface area (Å²) in [7, 11) is -3.58. The SMILES string of the molecule is CC(C)c1ccc(S(=O)(=O)N2CCN(CN3C(=O)NC4(CCc5ccccc5C4)C3=O)CC2)cc1. The largest absolute Gasteiger partial charge is 0.326 e. The van der Waals surface area contributed by atoms with Crippen LogP contribution in [0.25, 0.3) is 0 Å². The minimum Gasteiger partial charge on any atom is -0.323 e. The molecule has 1 unspecified atom stereocenters. The summed E-state index contributed by atoms with van der Waals surface area (Å²) in [6.07, 6.45) is 1.85. The number of hydrogen-bond donors (Lipinski definition) is 1. The molecule has 3 amide bonds. The highest BCUT2D eigenvalue weighted by Crippen LogP contribution is 2.33. The molecule has 9 heteroatoms. The van der Waals surface area contributed by atoms with E-state index >= 15 is 0 Å². The van der Waals surface area contributed by atoms with E-state index < -0.39 is 15.6 Å². The molecule has 1 N–H and O–H groups in total. The first-order chi connectivity index (χ1) is 16.7. The third kappa shape index (κ3) is 4.37. The number of nitrogens with zero attached hydrogens (tertiary/aromatic N) is 3. The molecule has 1 spiro atoms. The summed E-state index contributed by atoms with van der Waals surface area (Å²) < 4.78 is 27.7. The lowest BCUT2D eigenvalue weighted by atomic mass is 9.78. The summed E-state index contributed by atoms with van der Waals surface area (Å²) in [6, 6.07) is 14.8. The van der Waals surface area contributed by atoms with E-state index in [9.17, 15) is 18.0 Å². The van der Waals surface area contributed by atoms with Crippen molar-refractivity contribution in [1.29, 1.82) is 0 Å². The average molecular weight is 497 g/mol. The van der Waals surface area contributed by atoms with Crippen molar-refractivity contribution in [1.82, 2.24) is 19.4 Å². The molecule has 2 aromatic rings. The maximum atomic E-state index is 13.4. The lowest BCUT2D eigenvalue weighted by Gasteiger charge is -2.36. The zero-order chi connectivity index (χ0) is 24.8. The first kappa shape index (κ1) is 24.0. The van der Waals surface area contributed by atoms with Crippen molar-refractivity contribution >= 4 is 22.0 Å². The topological polar surface area (TPSA) is 90.0 Å². The number of piperazine rings is 1. The summed E-state index contributed by atoms with van der Waals surface area (Å²) >= 11 is 0. The van der Waals surface area contributed by atoms with Crippen molar-refractivity contribution in [2.24, 2.45) is 0 Å². The highest BCUT2D eigenvalue weighted by Gasteiger charge is 2.52. The van der Waals surface area contributed by atoms with Gasteiger partial charge in [0.05, 0.1) is 11.6 Å². The second-order valence-electron chi connectivity index (χ2n) is 10.1. The van der Waals surface area contributed by atoms with E-state index in [-0.39, 0.29) is 18.6 Å². The number of benzene rings is 2. The van der Waals surface area contributed by atoms with E-state index in [2.05, 4.69) is 25.2 Å². The first-order valence-electron chi connectivity index (χ1n) is 12.2. The number of aryl methyl sites for hydroxylation is 1. The summed E-state index contributed by atoms with van der Waals surface area (Å²) in [5.41, 5.74) is 2.56. The fourth-order valence-corrected chi connectivity index (χ4v) is 6.74. The average Bonchev–Trinajstić information content (AvgIpc) is 3.08. The number of rotatable bonds is 5. The van der Waals surface area contributed by atoms with Gasteiger partial charge in [-0.15, -0.1) is 0 Å². The molecule has 2 saturated heterocycles. The molecule has 5 rings (SSSR count). The molecule has 2 heterocycles. The first-order valence-corrected chi connectivity index (χ1v) is 13.7. The van der Waals surface area contributed by atoms with Gasteiger partial charge in [0.2, 0.25) is 10.0 Å². The molecule has 35 heavy (non-hydrogen) atoms. The number of urea groups is 1. The third-order valence-electron chi connectivity index (χ3n) is 7.53. The van der Waals surface area contributed by atoms with Crippen molar-refractivity contribution in [3.05, 3.63) is 65.2 Å². The number of carbonyl (C=O) groups excluding carboxylic acids is 2. The summed E-state index contributed by atoms with van der Waals surface area (Å²) in [4.78, 5) is 29.7. The fraction of sp³-hybridized carbons (Fsp3) is 0.462. The fourth-order valence-electron chi connectivity index (χ4n) is 5.31. The van der Waals surface area contributed by atoms with Gasteiger partial charge in [-0.3, -0.25) is 9.69 Å². The van der Waals surface area contributed by atoms with Crippen LogP contribution in [0.5, 0.6) is 0 Å². The Balaban J connectivity index is 1.21. The van der Waals surface area contributed by atoms with E-state index in [4.69, 9.17) is 0 Å². The Labute approximate surface area is 206 Å². The molecule has 0 bridgehead atoms. The Kier molecular flexibility index (Phi) is 6.19. The van der Waals surface area contributed by atoms with Crippen molar-refractivity contribution < 1.29 is 18.0 Å². The number of imide groups is 1. The number of nitrogens with one attached hydrogen (secondary N) is 1. The minimum absolute atomic E-state index is 0.172. The summed E-state index contributed by atoms with van der Waals surface area (Å²) in [6.45, 7) is 5.86.